The molecule has 2 N–H and O–H groups in total. The Hall–Kier alpha value is -1.92. The number of benzene rings is 1. The van der Waals surface area contributed by atoms with Crippen LogP contribution in [-0.2, 0) is 4.74 Å². The van der Waals surface area contributed by atoms with Gasteiger partial charge >= 0.3 is 0 Å². The van der Waals surface area contributed by atoms with Gasteiger partial charge in [-0.1, -0.05) is 42.3 Å². The molecule has 2 aliphatic carbocycles. The molecular weight excluding hydrogens is 395 g/mol. The lowest BCUT2D eigenvalue weighted by atomic mass is 9.92. The van der Waals surface area contributed by atoms with Crippen LogP contribution in [0.1, 0.15) is 44.1 Å². The molecule has 0 aromatic heterocycles. The van der Waals surface area contributed by atoms with Gasteiger partial charge in [-0.15, -0.1) is 0 Å². The molecule has 3 rings (SSSR count). The Morgan fingerprint density at radius 2 is 2.10 bits per heavy atom. The van der Waals surface area contributed by atoms with Gasteiger partial charge in [0.1, 0.15) is 17.3 Å². The zero-order valence-electron chi connectivity index (χ0n) is 16.4. The van der Waals surface area contributed by atoms with Crippen molar-refractivity contribution >= 4 is 11.6 Å². The summed E-state index contributed by atoms with van der Waals surface area (Å²) in [5.74, 6) is 0.851. The summed E-state index contributed by atoms with van der Waals surface area (Å²) in [4.78, 5) is 0. The van der Waals surface area contributed by atoms with Crippen LogP contribution in [0.5, 0.6) is 5.75 Å². The molecule has 0 amide bonds. The third-order valence-electron chi connectivity index (χ3n) is 4.79. The number of ether oxygens (including phenoxy) is 2. The van der Waals surface area contributed by atoms with Gasteiger partial charge in [0.15, 0.2) is 6.29 Å². The molecule has 0 saturated heterocycles. The van der Waals surface area contributed by atoms with Gasteiger partial charge in [-0.25, -0.2) is 4.39 Å². The first-order valence-corrected chi connectivity index (χ1v) is 10.2. The molecule has 1 aromatic rings. The Morgan fingerprint density at radius 3 is 2.83 bits per heavy atom. The molecule has 29 heavy (non-hydrogen) atoms. The number of aliphatic hydroxyl groups is 2. The average molecular weight is 421 g/mol. The minimum atomic E-state index is -1.41. The molecule has 0 heterocycles. The van der Waals surface area contributed by atoms with Crippen LogP contribution in [0.2, 0.25) is 0 Å². The fourth-order valence-corrected chi connectivity index (χ4v) is 3.68. The molecule has 1 aromatic carbocycles. The van der Waals surface area contributed by atoms with E-state index < -0.39 is 6.29 Å². The number of rotatable bonds is 8. The van der Waals surface area contributed by atoms with Crippen molar-refractivity contribution in [2.45, 2.75) is 50.9 Å². The predicted octanol–water partition coefficient (Wildman–Crippen LogP) is 5.24. The van der Waals surface area contributed by atoms with E-state index in [-0.39, 0.29) is 29.3 Å². The topological polar surface area (TPSA) is 58.9 Å². The highest BCUT2D eigenvalue weighted by Gasteiger charge is 2.20. The molecule has 2 unspecified atom stereocenters. The third-order valence-corrected chi connectivity index (χ3v) is 5.10. The molecule has 0 fully saturated rings. The van der Waals surface area contributed by atoms with Gasteiger partial charge in [-0.2, -0.15) is 0 Å². The molecular formula is C23H26ClFO4. The van der Waals surface area contributed by atoms with E-state index in [1.807, 2.05) is 43.3 Å². The van der Waals surface area contributed by atoms with Gasteiger partial charge in [0.05, 0.1) is 11.1 Å². The number of hydrogen-bond donors (Lipinski definition) is 2. The van der Waals surface area contributed by atoms with E-state index in [4.69, 9.17) is 21.1 Å². The second kappa shape index (κ2) is 10.2. The van der Waals surface area contributed by atoms with Crippen molar-refractivity contribution in [3.63, 3.8) is 0 Å². The van der Waals surface area contributed by atoms with Crippen molar-refractivity contribution in [3.8, 4) is 5.75 Å². The summed E-state index contributed by atoms with van der Waals surface area (Å²) in [6, 6.07) is 7.60. The molecule has 2 aliphatic rings. The van der Waals surface area contributed by atoms with Crippen LogP contribution < -0.4 is 4.74 Å². The molecule has 156 valence electrons. The van der Waals surface area contributed by atoms with Crippen LogP contribution in [-0.4, -0.2) is 29.2 Å². The van der Waals surface area contributed by atoms with Crippen molar-refractivity contribution in [1.82, 2.24) is 0 Å². The smallest absolute Gasteiger partial charge is 0.155 e. The summed E-state index contributed by atoms with van der Waals surface area (Å²) >= 11 is 5.94. The number of halogens is 2. The molecule has 0 saturated carbocycles. The van der Waals surface area contributed by atoms with Crippen molar-refractivity contribution in [2.24, 2.45) is 0 Å². The number of aliphatic hydroxyl groups excluding tert-OH is 1. The minimum Gasteiger partial charge on any atom is -0.458 e. The van der Waals surface area contributed by atoms with E-state index in [1.54, 1.807) is 6.08 Å². The van der Waals surface area contributed by atoms with Crippen LogP contribution in [0.25, 0.3) is 0 Å². The maximum Gasteiger partial charge on any atom is 0.155 e. The maximum atomic E-state index is 13.5. The molecule has 4 nitrogen and oxygen atoms in total. The van der Waals surface area contributed by atoms with Crippen LogP contribution in [0.15, 0.2) is 70.8 Å². The van der Waals surface area contributed by atoms with E-state index in [0.717, 1.165) is 17.6 Å². The Kier molecular flexibility index (Phi) is 7.67. The third kappa shape index (κ3) is 6.28. The first kappa shape index (κ1) is 21.8. The summed E-state index contributed by atoms with van der Waals surface area (Å²) in [5.41, 5.74) is 1.84. The fourth-order valence-electron chi connectivity index (χ4n) is 3.45. The van der Waals surface area contributed by atoms with E-state index in [9.17, 15) is 14.6 Å². The Balaban J connectivity index is 1.76. The summed E-state index contributed by atoms with van der Waals surface area (Å²) < 4.78 is 25.4. The van der Waals surface area contributed by atoms with Crippen molar-refractivity contribution in [1.29, 1.82) is 0 Å². The lowest BCUT2D eigenvalue weighted by Crippen LogP contribution is -2.19. The summed E-state index contributed by atoms with van der Waals surface area (Å²) in [6.45, 7) is 2.66. The Morgan fingerprint density at radius 1 is 1.28 bits per heavy atom. The van der Waals surface area contributed by atoms with Gasteiger partial charge < -0.3 is 19.7 Å². The zero-order chi connectivity index (χ0) is 20.8. The van der Waals surface area contributed by atoms with Crippen LogP contribution in [0.3, 0.4) is 0 Å². The summed E-state index contributed by atoms with van der Waals surface area (Å²) in [7, 11) is 0. The summed E-state index contributed by atoms with van der Waals surface area (Å²) in [6.07, 6.45) is 7.56. The molecule has 0 bridgehead atoms. The quantitative estimate of drug-likeness (QED) is 0.565. The molecule has 6 heteroatoms. The van der Waals surface area contributed by atoms with E-state index in [0.29, 0.717) is 31.0 Å². The minimum absolute atomic E-state index is 0.0119. The van der Waals surface area contributed by atoms with Gasteiger partial charge in [0.2, 0.25) is 0 Å². The van der Waals surface area contributed by atoms with Crippen molar-refractivity contribution in [2.75, 3.05) is 6.61 Å². The average Bonchev–Trinajstić information content (AvgIpc) is 2.68. The monoisotopic (exact) mass is 420 g/mol. The standard InChI is InChI=1S/C23H26ClFO4/c1-2-8-28-19-9-15(11-23(26)27)10-20(14-19)29-18-5-3-4-16(12-18)17-6-7-22(25)21(24)13-17/h3-5,7,10,12-14,17,19,23,26-27H,2,6,8-9,11H2,1H3. The summed E-state index contributed by atoms with van der Waals surface area (Å²) in [5, 5.41) is 18.8. The van der Waals surface area contributed by atoms with Crippen LogP contribution in [0, 0.1) is 0 Å². The first-order chi connectivity index (χ1) is 13.9. The number of allylic oxidation sites excluding steroid dienone is 5. The predicted molar refractivity (Wildman–Crippen MR) is 111 cm³/mol. The maximum absolute atomic E-state index is 13.5. The van der Waals surface area contributed by atoms with Gasteiger partial charge in [0, 0.05) is 18.9 Å². The normalized spacial score (nSPS) is 22.0. The SMILES string of the molecule is CCCOC1C=C(Oc2cccc(C3C=C(Cl)C(F)=CC3)c2)C=C(CC(O)O)C1. The second-order valence-electron chi connectivity index (χ2n) is 7.25. The highest BCUT2D eigenvalue weighted by Crippen LogP contribution is 2.34. The van der Waals surface area contributed by atoms with Crippen LogP contribution in [0.4, 0.5) is 4.39 Å². The number of hydrogen-bond acceptors (Lipinski definition) is 4. The van der Waals surface area contributed by atoms with Crippen molar-refractivity contribution in [3.05, 3.63) is 76.3 Å². The lowest BCUT2D eigenvalue weighted by molar-refractivity contribution is -0.0397. The first-order valence-electron chi connectivity index (χ1n) is 9.84. The largest absolute Gasteiger partial charge is 0.458 e. The highest BCUT2D eigenvalue weighted by molar-refractivity contribution is 6.31. The second-order valence-corrected chi connectivity index (χ2v) is 7.66. The van der Waals surface area contributed by atoms with E-state index in [1.165, 1.54) is 6.08 Å². The van der Waals surface area contributed by atoms with Gasteiger partial charge in [0.25, 0.3) is 0 Å². The molecule has 2 atom stereocenters. The Labute approximate surface area is 175 Å². The van der Waals surface area contributed by atoms with E-state index >= 15 is 0 Å². The van der Waals surface area contributed by atoms with Crippen molar-refractivity contribution < 1.29 is 24.1 Å². The van der Waals surface area contributed by atoms with Gasteiger partial charge in [-0.3, -0.25) is 0 Å². The molecule has 0 spiro atoms. The fraction of sp³-hybridized carbons (Fsp3) is 0.391. The zero-order valence-corrected chi connectivity index (χ0v) is 17.1. The van der Waals surface area contributed by atoms with Crippen LogP contribution >= 0.6 is 11.6 Å². The Bertz CT molecular complexity index is 841. The lowest BCUT2D eigenvalue weighted by Gasteiger charge is -2.23. The van der Waals surface area contributed by atoms with E-state index in [2.05, 4.69) is 0 Å². The molecule has 0 aliphatic heterocycles. The highest BCUT2D eigenvalue weighted by atomic mass is 35.5. The molecule has 0 radical (unpaired) electrons. The van der Waals surface area contributed by atoms with Gasteiger partial charge in [-0.05, 0) is 55.2 Å².